The molecule has 3 saturated heterocycles. The van der Waals surface area contributed by atoms with Gasteiger partial charge in [0.05, 0.1) is 6.04 Å². The minimum Gasteiger partial charge on any atom is -0.339 e. The Morgan fingerprint density at radius 2 is 1.71 bits per heavy atom. The average Bonchev–Trinajstić information content (AvgIpc) is 3.07. The molecule has 0 spiro atoms. The number of likely N-dealkylation sites (tertiary alicyclic amines) is 2. The fourth-order valence-electron chi connectivity index (χ4n) is 4.40. The summed E-state index contributed by atoms with van der Waals surface area (Å²) in [5.41, 5.74) is 0. The maximum atomic E-state index is 12.8. The van der Waals surface area contributed by atoms with Crippen molar-refractivity contribution in [2.24, 2.45) is 0 Å². The van der Waals surface area contributed by atoms with Gasteiger partial charge >= 0.3 is 0 Å². The van der Waals surface area contributed by atoms with Crippen LogP contribution in [0.25, 0.3) is 0 Å². The van der Waals surface area contributed by atoms with Crippen LogP contribution in [-0.2, 0) is 4.79 Å². The fraction of sp³-hybridized carbons (Fsp3) is 0.938. The maximum absolute atomic E-state index is 12.8. The molecule has 0 aromatic heterocycles. The van der Waals surface area contributed by atoms with Gasteiger partial charge in [-0.3, -0.25) is 14.6 Å². The third-order valence-corrected chi connectivity index (χ3v) is 5.74. The van der Waals surface area contributed by atoms with Gasteiger partial charge in [0.2, 0.25) is 5.91 Å². The van der Waals surface area contributed by atoms with Crippen LogP contribution >= 0.6 is 0 Å². The highest BCUT2D eigenvalue weighted by Gasteiger charge is 2.42. The molecule has 21 heavy (non-hydrogen) atoms. The first-order valence-electron chi connectivity index (χ1n) is 8.82. The summed E-state index contributed by atoms with van der Waals surface area (Å²) in [6, 6.07) is 1.68. The smallest absolute Gasteiger partial charge is 0.240 e. The van der Waals surface area contributed by atoms with Gasteiger partial charge in [0.25, 0.3) is 0 Å². The van der Waals surface area contributed by atoms with Crippen molar-refractivity contribution in [1.29, 1.82) is 0 Å². The second-order valence-corrected chi connectivity index (χ2v) is 7.14. The fourth-order valence-corrected chi connectivity index (χ4v) is 4.40. The van der Waals surface area contributed by atoms with Gasteiger partial charge < -0.3 is 10.2 Å². The Morgan fingerprint density at radius 1 is 0.905 bits per heavy atom. The quantitative estimate of drug-likeness (QED) is 0.802. The van der Waals surface area contributed by atoms with Gasteiger partial charge in [0, 0.05) is 51.4 Å². The topological polar surface area (TPSA) is 38.8 Å². The Labute approximate surface area is 127 Å². The third kappa shape index (κ3) is 2.83. The molecule has 0 aromatic carbocycles. The number of rotatable bonds is 3. The number of piperazine rings is 1. The molecule has 5 heteroatoms. The average molecular weight is 292 g/mol. The van der Waals surface area contributed by atoms with Crippen molar-refractivity contribution < 1.29 is 4.79 Å². The molecule has 3 aliphatic heterocycles. The van der Waals surface area contributed by atoms with Gasteiger partial charge in [-0.1, -0.05) is 0 Å². The first kappa shape index (κ1) is 14.0. The molecule has 1 amide bonds. The normalized spacial score (nSPS) is 35.5. The number of carbonyl (C=O) groups excluding carboxylic acids is 1. The van der Waals surface area contributed by atoms with Crippen LogP contribution in [-0.4, -0.2) is 84.5 Å². The molecule has 118 valence electrons. The predicted molar refractivity (Wildman–Crippen MR) is 82.2 cm³/mol. The van der Waals surface area contributed by atoms with Crippen LogP contribution in [0, 0.1) is 0 Å². The summed E-state index contributed by atoms with van der Waals surface area (Å²) < 4.78 is 0. The second kappa shape index (κ2) is 5.86. The summed E-state index contributed by atoms with van der Waals surface area (Å²) in [6.07, 6.45) is 6.33. The van der Waals surface area contributed by atoms with Crippen molar-refractivity contribution >= 4 is 5.91 Å². The standard InChI is InChI=1S/C16H28N4O/c21-16(18-10-6-17-7-11-18)15-2-1-8-20(15)14-5-9-19(12-14)13-3-4-13/h13-15,17H,1-12H2. The van der Waals surface area contributed by atoms with Crippen LogP contribution in [0.2, 0.25) is 0 Å². The van der Waals surface area contributed by atoms with Crippen molar-refractivity contribution in [2.75, 3.05) is 45.8 Å². The highest BCUT2D eigenvalue weighted by Crippen LogP contribution is 2.33. The first-order chi connectivity index (χ1) is 10.3. The molecular weight excluding hydrogens is 264 g/mol. The molecule has 4 rings (SSSR count). The summed E-state index contributed by atoms with van der Waals surface area (Å²) in [5.74, 6) is 0.402. The summed E-state index contributed by atoms with van der Waals surface area (Å²) in [6.45, 7) is 7.28. The van der Waals surface area contributed by atoms with Gasteiger partial charge in [-0.05, 0) is 38.6 Å². The molecule has 0 bridgehead atoms. The molecule has 3 heterocycles. The number of nitrogens with one attached hydrogen (secondary N) is 1. The maximum Gasteiger partial charge on any atom is 0.240 e. The lowest BCUT2D eigenvalue weighted by Gasteiger charge is -2.35. The van der Waals surface area contributed by atoms with Crippen LogP contribution in [0.4, 0.5) is 0 Å². The van der Waals surface area contributed by atoms with Gasteiger partial charge in [-0.2, -0.15) is 0 Å². The summed E-state index contributed by atoms with van der Waals surface area (Å²) in [4.78, 5) is 20.1. The van der Waals surface area contributed by atoms with E-state index in [2.05, 4.69) is 20.0 Å². The van der Waals surface area contributed by atoms with E-state index in [-0.39, 0.29) is 6.04 Å². The molecule has 4 fully saturated rings. The van der Waals surface area contributed by atoms with E-state index in [0.29, 0.717) is 11.9 Å². The number of hydrogen-bond acceptors (Lipinski definition) is 4. The number of carbonyl (C=O) groups is 1. The largest absolute Gasteiger partial charge is 0.339 e. The molecule has 2 unspecified atom stereocenters. The minimum absolute atomic E-state index is 0.173. The summed E-state index contributed by atoms with van der Waals surface area (Å²) >= 11 is 0. The number of hydrogen-bond donors (Lipinski definition) is 1. The monoisotopic (exact) mass is 292 g/mol. The van der Waals surface area contributed by atoms with E-state index in [0.717, 1.165) is 45.2 Å². The van der Waals surface area contributed by atoms with Crippen molar-refractivity contribution in [1.82, 2.24) is 20.0 Å². The molecule has 1 N–H and O–H groups in total. The summed E-state index contributed by atoms with van der Waals surface area (Å²) in [5, 5.41) is 3.34. The van der Waals surface area contributed by atoms with Gasteiger partial charge in [0.1, 0.15) is 0 Å². The van der Waals surface area contributed by atoms with Crippen molar-refractivity contribution in [3.63, 3.8) is 0 Å². The molecule has 0 radical (unpaired) electrons. The molecule has 4 aliphatic rings. The molecule has 1 aliphatic carbocycles. The zero-order valence-electron chi connectivity index (χ0n) is 13.0. The van der Waals surface area contributed by atoms with E-state index in [1.165, 1.54) is 38.8 Å². The molecule has 5 nitrogen and oxygen atoms in total. The van der Waals surface area contributed by atoms with E-state index in [1.807, 2.05) is 0 Å². The highest BCUT2D eigenvalue weighted by molar-refractivity contribution is 5.82. The Balaban J connectivity index is 1.38. The Kier molecular flexibility index (Phi) is 3.90. The zero-order chi connectivity index (χ0) is 14.2. The minimum atomic E-state index is 0.173. The Bertz CT molecular complexity index is 392. The predicted octanol–water partition coefficient (Wildman–Crippen LogP) is 0.119. The van der Waals surface area contributed by atoms with Crippen molar-refractivity contribution in [3.8, 4) is 0 Å². The lowest BCUT2D eigenvalue weighted by atomic mass is 10.1. The van der Waals surface area contributed by atoms with E-state index < -0.39 is 0 Å². The van der Waals surface area contributed by atoms with Crippen LogP contribution in [0.15, 0.2) is 0 Å². The SMILES string of the molecule is O=C(C1CCCN1C1CCN(C2CC2)C1)N1CCNCC1. The van der Waals surface area contributed by atoms with E-state index in [4.69, 9.17) is 0 Å². The third-order valence-electron chi connectivity index (χ3n) is 5.74. The highest BCUT2D eigenvalue weighted by atomic mass is 16.2. The van der Waals surface area contributed by atoms with Crippen LogP contribution < -0.4 is 5.32 Å². The lowest BCUT2D eigenvalue weighted by molar-refractivity contribution is -0.137. The van der Waals surface area contributed by atoms with Gasteiger partial charge in [0.15, 0.2) is 0 Å². The van der Waals surface area contributed by atoms with E-state index >= 15 is 0 Å². The summed E-state index contributed by atoms with van der Waals surface area (Å²) in [7, 11) is 0. The number of nitrogens with zero attached hydrogens (tertiary/aromatic N) is 3. The lowest BCUT2D eigenvalue weighted by Crippen LogP contribution is -2.54. The Morgan fingerprint density at radius 3 is 2.48 bits per heavy atom. The van der Waals surface area contributed by atoms with Gasteiger partial charge in [-0.15, -0.1) is 0 Å². The van der Waals surface area contributed by atoms with Crippen molar-refractivity contribution in [3.05, 3.63) is 0 Å². The zero-order valence-corrected chi connectivity index (χ0v) is 13.0. The van der Waals surface area contributed by atoms with Crippen LogP contribution in [0.1, 0.15) is 32.1 Å². The molecule has 0 aromatic rings. The first-order valence-corrected chi connectivity index (χ1v) is 8.82. The van der Waals surface area contributed by atoms with Gasteiger partial charge in [-0.25, -0.2) is 0 Å². The molecular formula is C16H28N4O. The van der Waals surface area contributed by atoms with Crippen LogP contribution in [0.3, 0.4) is 0 Å². The number of amides is 1. The van der Waals surface area contributed by atoms with E-state index in [9.17, 15) is 4.79 Å². The molecule has 1 saturated carbocycles. The Hall–Kier alpha value is -0.650. The van der Waals surface area contributed by atoms with Crippen molar-refractivity contribution in [2.45, 2.75) is 50.2 Å². The second-order valence-electron chi connectivity index (χ2n) is 7.14. The van der Waals surface area contributed by atoms with Crippen LogP contribution in [0.5, 0.6) is 0 Å². The van der Waals surface area contributed by atoms with E-state index in [1.54, 1.807) is 0 Å². The molecule has 2 atom stereocenters.